The first-order chi connectivity index (χ1) is 6.41. The van der Waals surface area contributed by atoms with Gasteiger partial charge < -0.3 is 9.47 Å². The fourth-order valence-electron chi connectivity index (χ4n) is 0.972. The molecule has 0 unspecified atom stereocenters. The van der Waals surface area contributed by atoms with Gasteiger partial charge in [-0.25, -0.2) is 0 Å². The molecule has 0 aromatic carbocycles. The monoisotopic (exact) mass is 184 g/mol. The molecule has 0 saturated carbocycles. The summed E-state index contributed by atoms with van der Waals surface area (Å²) in [5.41, 5.74) is 0. The molecule has 0 saturated heterocycles. The number of ether oxygens (including phenoxy) is 2. The third-order valence-corrected chi connectivity index (χ3v) is 1.62. The van der Waals surface area contributed by atoms with Crippen LogP contribution in [0.15, 0.2) is 25.2 Å². The van der Waals surface area contributed by atoms with Crippen LogP contribution in [0.5, 0.6) is 0 Å². The summed E-state index contributed by atoms with van der Waals surface area (Å²) >= 11 is 0. The predicted molar refractivity (Wildman–Crippen MR) is 55.4 cm³/mol. The normalized spacial score (nSPS) is 10.2. The quantitative estimate of drug-likeness (QED) is 0.404. The lowest BCUT2D eigenvalue weighted by molar-refractivity contribution is 0.227. The lowest BCUT2D eigenvalue weighted by atomic mass is 10.2. The molecule has 0 amide bonds. The minimum absolute atomic E-state index is 0.791. The Morgan fingerprint density at radius 2 is 1.62 bits per heavy atom. The Morgan fingerprint density at radius 1 is 1.00 bits per heavy atom. The van der Waals surface area contributed by atoms with Gasteiger partial charge in [0.25, 0.3) is 0 Å². The van der Waals surface area contributed by atoms with E-state index in [1.165, 1.54) is 19.1 Å². The minimum atomic E-state index is 0.791. The number of unbranched alkanes of at least 4 members (excludes halogenated alkanes) is 3. The second-order valence-corrected chi connectivity index (χ2v) is 2.79. The third-order valence-electron chi connectivity index (χ3n) is 1.62. The van der Waals surface area contributed by atoms with Crippen LogP contribution in [0.25, 0.3) is 0 Å². The molecule has 0 spiro atoms. The Labute approximate surface area is 81.2 Å². The molecular formula is C11H20O2. The van der Waals surface area contributed by atoms with Gasteiger partial charge >= 0.3 is 0 Å². The molecular weight excluding hydrogens is 164 g/mol. The van der Waals surface area contributed by atoms with Gasteiger partial charge in [-0.1, -0.05) is 12.7 Å². The zero-order valence-electron chi connectivity index (χ0n) is 8.50. The highest BCUT2D eigenvalue weighted by atomic mass is 16.5. The Morgan fingerprint density at radius 3 is 2.15 bits per heavy atom. The molecule has 2 heteroatoms. The van der Waals surface area contributed by atoms with E-state index in [0.29, 0.717) is 0 Å². The predicted octanol–water partition coefficient (Wildman–Crippen LogP) is 3.26. The highest BCUT2D eigenvalue weighted by Gasteiger charge is 1.89. The second-order valence-electron chi connectivity index (χ2n) is 2.79. The molecule has 0 aliphatic carbocycles. The first-order valence-electron chi connectivity index (χ1n) is 4.87. The average molecular weight is 184 g/mol. The third kappa shape index (κ3) is 11.1. The average Bonchev–Trinajstić information content (AvgIpc) is 2.16. The van der Waals surface area contributed by atoms with Crippen molar-refractivity contribution in [1.29, 1.82) is 0 Å². The molecule has 0 aliphatic heterocycles. The Hall–Kier alpha value is -0.920. The summed E-state index contributed by atoms with van der Waals surface area (Å²) in [4.78, 5) is 0. The van der Waals surface area contributed by atoms with Crippen molar-refractivity contribution < 1.29 is 9.47 Å². The van der Waals surface area contributed by atoms with Crippen LogP contribution in [0.1, 0.15) is 32.6 Å². The first-order valence-corrected chi connectivity index (χ1v) is 4.87. The van der Waals surface area contributed by atoms with Crippen LogP contribution < -0.4 is 0 Å². The van der Waals surface area contributed by atoms with Gasteiger partial charge in [0.15, 0.2) is 0 Å². The zero-order chi connectivity index (χ0) is 9.78. The summed E-state index contributed by atoms with van der Waals surface area (Å²) in [7, 11) is 0. The van der Waals surface area contributed by atoms with Crippen LogP contribution in [0.2, 0.25) is 0 Å². The molecule has 0 atom stereocenters. The van der Waals surface area contributed by atoms with Gasteiger partial charge in [0.05, 0.1) is 25.7 Å². The standard InChI is InChI=1S/C11H20O2/c1-3-9-13-11-8-6-5-7-10-12-4-2/h3-4,9H,2,5-8,10-11H2,1H3. The van der Waals surface area contributed by atoms with E-state index < -0.39 is 0 Å². The summed E-state index contributed by atoms with van der Waals surface area (Å²) in [5.74, 6) is 0. The van der Waals surface area contributed by atoms with E-state index in [0.717, 1.165) is 26.1 Å². The molecule has 2 nitrogen and oxygen atoms in total. The molecule has 13 heavy (non-hydrogen) atoms. The van der Waals surface area contributed by atoms with Crippen molar-refractivity contribution in [2.75, 3.05) is 13.2 Å². The molecule has 0 fully saturated rings. The van der Waals surface area contributed by atoms with E-state index >= 15 is 0 Å². The van der Waals surface area contributed by atoms with Crippen LogP contribution >= 0.6 is 0 Å². The van der Waals surface area contributed by atoms with Crippen LogP contribution in [0.4, 0.5) is 0 Å². The summed E-state index contributed by atoms with van der Waals surface area (Å²) < 4.78 is 10.2. The highest BCUT2D eigenvalue weighted by Crippen LogP contribution is 2.00. The molecule has 0 bridgehead atoms. The topological polar surface area (TPSA) is 18.5 Å². The van der Waals surface area contributed by atoms with Crippen molar-refractivity contribution in [3.05, 3.63) is 25.2 Å². The van der Waals surface area contributed by atoms with E-state index in [9.17, 15) is 0 Å². The first kappa shape index (κ1) is 12.1. The largest absolute Gasteiger partial charge is 0.502 e. The lowest BCUT2D eigenvalue weighted by Crippen LogP contribution is -1.90. The second kappa shape index (κ2) is 11.1. The molecule has 0 rings (SSSR count). The van der Waals surface area contributed by atoms with Gasteiger partial charge in [-0.3, -0.25) is 0 Å². The summed E-state index contributed by atoms with van der Waals surface area (Å²) in [5, 5.41) is 0. The van der Waals surface area contributed by atoms with E-state index in [-0.39, 0.29) is 0 Å². The Kier molecular flexibility index (Phi) is 10.3. The number of allylic oxidation sites excluding steroid dienone is 1. The maximum Gasteiger partial charge on any atom is 0.0873 e. The highest BCUT2D eigenvalue weighted by molar-refractivity contribution is 4.64. The fourth-order valence-corrected chi connectivity index (χ4v) is 0.972. The molecule has 0 aromatic rings. The van der Waals surface area contributed by atoms with Crippen LogP contribution in [0, 0.1) is 0 Å². The van der Waals surface area contributed by atoms with Gasteiger partial charge in [-0.05, 0) is 32.6 Å². The summed E-state index contributed by atoms with van der Waals surface area (Å²) in [6.07, 6.45) is 9.77. The van der Waals surface area contributed by atoms with Gasteiger partial charge in [-0.15, -0.1) is 0 Å². The molecule has 76 valence electrons. The van der Waals surface area contributed by atoms with Gasteiger partial charge in [0.2, 0.25) is 0 Å². The van der Waals surface area contributed by atoms with Gasteiger partial charge in [-0.2, -0.15) is 0 Å². The van der Waals surface area contributed by atoms with Crippen molar-refractivity contribution in [1.82, 2.24) is 0 Å². The minimum Gasteiger partial charge on any atom is -0.502 e. The fraction of sp³-hybridized carbons (Fsp3) is 0.636. The Bertz CT molecular complexity index is 130. The smallest absolute Gasteiger partial charge is 0.0873 e. The van der Waals surface area contributed by atoms with Crippen LogP contribution in [-0.4, -0.2) is 13.2 Å². The molecule has 0 radical (unpaired) electrons. The van der Waals surface area contributed by atoms with Gasteiger partial charge in [0.1, 0.15) is 0 Å². The van der Waals surface area contributed by atoms with Crippen molar-refractivity contribution in [3.8, 4) is 0 Å². The van der Waals surface area contributed by atoms with Crippen LogP contribution in [-0.2, 0) is 9.47 Å². The van der Waals surface area contributed by atoms with E-state index in [1.807, 2.05) is 13.0 Å². The van der Waals surface area contributed by atoms with Crippen molar-refractivity contribution >= 4 is 0 Å². The van der Waals surface area contributed by atoms with Crippen molar-refractivity contribution in [2.45, 2.75) is 32.6 Å². The Balaban J connectivity index is 2.87. The zero-order valence-corrected chi connectivity index (χ0v) is 8.50. The van der Waals surface area contributed by atoms with Crippen molar-refractivity contribution in [2.24, 2.45) is 0 Å². The molecule has 0 aromatic heterocycles. The van der Waals surface area contributed by atoms with E-state index in [1.54, 1.807) is 6.26 Å². The number of hydrogen-bond acceptors (Lipinski definition) is 2. The number of hydrogen-bond donors (Lipinski definition) is 0. The molecule has 0 heterocycles. The lowest BCUT2D eigenvalue weighted by Gasteiger charge is -2.01. The van der Waals surface area contributed by atoms with Crippen molar-refractivity contribution in [3.63, 3.8) is 0 Å². The van der Waals surface area contributed by atoms with Crippen LogP contribution in [0.3, 0.4) is 0 Å². The number of rotatable bonds is 9. The summed E-state index contributed by atoms with van der Waals surface area (Å²) in [6, 6.07) is 0. The maximum absolute atomic E-state index is 5.18. The van der Waals surface area contributed by atoms with E-state index in [4.69, 9.17) is 9.47 Å². The van der Waals surface area contributed by atoms with Gasteiger partial charge in [0, 0.05) is 0 Å². The molecule has 0 N–H and O–H groups in total. The van der Waals surface area contributed by atoms with E-state index in [2.05, 4.69) is 6.58 Å². The summed E-state index contributed by atoms with van der Waals surface area (Å²) in [6.45, 7) is 7.05. The SMILES string of the molecule is C=COCCCCCCOC=CC. The maximum atomic E-state index is 5.18. The molecule has 0 aliphatic rings.